The Morgan fingerprint density at radius 3 is 2.64 bits per heavy atom. The first kappa shape index (κ1) is 13.7. The Labute approximate surface area is 90.0 Å². The number of likely N-dealkylation sites (N-methyl/N-ethyl adjacent to an activating group) is 1. The zero-order valence-corrected chi connectivity index (χ0v) is 9.93. The van der Waals surface area contributed by atoms with Crippen LogP contribution in [0.3, 0.4) is 0 Å². The second kappa shape index (κ2) is 8.08. The quantitative estimate of drug-likeness (QED) is 0.618. The van der Waals surface area contributed by atoms with Gasteiger partial charge in [-0.25, -0.2) is 0 Å². The Balaban J connectivity index is 3.68. The summed E-state index contributed by atoms with van der Waals surface area (Å²) in [4.78, 5) is 12.8. The van der Waals surface area contributed by atoms with Gasteiger partial charge in [-0.05, 0) is 32.5 Å². The highest BCUT2D eigenvalue weighted by Crippen LogP contribution is 2.00. The molecule has 0 aliphatic heterocycles. The number of aliphatic carboxylic acids is 1. The summed E-state index contributed by atoms with van der Waals surface area (Å²) in [5.41, 5.74) is 0. The summed E-state index contributed by atoms with van der Waals surface area (Å²) in [6.07, 6.45) is 2.67. The Kier molecular flexibility index (Phi) is 7.93. The molecule has 2 N–H and O–H groups in total. The highest BCUT2D eigenvalue weighted by atomic mass is 32.2. The Bertz CT molecular complexity index is 165. The first-order chi connectivity index (χ1) is 6.57. The lowest BCUT2D eigenvalue weighted by Gasteiger charge is -2.15. The van der Waals surface area contributed by atoms with Gasteiger partial charge in [0.25, 0.3) is 0 Å². The van der Waals surface area contributed by atoms with Crippen LogP contribution >= 0.6 is 11.8 Å². The fourth-order valence-corrected chi connectivity index (χ4v) is 1.48. The Hall–Kier alpha value is -0.260. The van der Waals surface area contributed by atoms with Crippen molar-refractivity contribution in [1.29, 1.82) is 0 Å². The molecular weight excluding hydrogens is 200 g/mol. The van der Waals surface area contributed by atoms with Gasteiger partial charge in [-0.2, -0.15) is 11.8 Å². The fraction of sp³-hybridized carbons (Fsp3) is 0.889. The number of carbonyl (C=O) groups is 1. The molecule has 0 amide bonds. The fourth-order valence-electron chi connectivity index (χ4n) is 1.01. The SMILES string of the molecule is CSCC[C@H](NCCN(C)C)C(=O)O. The van der Waals surface area contributed by atoms with Gasteiger partial charge in [-0.3, -0.25) is 4.79 Å². The summed E-state index contributed by atoms with van der Waals surface area (Å²) in [5.74, 6) is 0.129. The van der Waals surface area contributed by atoms with Crippen molar-refractivity contribution in [1.82, 2.24) is 10.2 Å². The number of carboxylic acids is 1. The van der Waals surface area contributed by atoms with Gasteiger partial charge in [0.1, 0.15) is 6.04 Å². The first-order valence-electron chi connectivity index (χ1n) is 4.67. The van der Waals surface area contributed by atoms with Gasteiger partial charge >= 0.3 is 5.97 Å². The molecule has 0 aromatic rings. The normalized spacial score (nSPS) is 13.1. The van der Waals surface area contributed by atoms with Crippen LogP contribution in [0, 0.1) is 0 Å². The molecule has 0 fully saturated rings. The van der Waals surface area contributed by atoms with Gasteiger partial charge in [-0.15, -0.1) is 0 Å². The zero-order valence-electron chi connectivity index (χ0n) is 9.12. The molecule has 0 heterocycles. The number of hydrogen-bond acceptors (Lipinski definition) is 4. The molecule has 0 saturated carbocycles. The molecule has 0 radical (unpaired) electrons. The van der Waals surface area contributed by atoms with E-state index in [0.29, 0.717) is 6.42 Å². The largest absolute Gasteiger partial charge is 0.480 e. The van der Waals surface area contributed by atoms with E-state index in [2.05, 4.69) is 5.32 Å². The van der Waals surface area contributed by atoms with E-state index in [1.54, 1.807) is 11.8 Å². The predicted molar refractivity (Wildman–Crippen MR) is 61.0 cm³/mol. The average Bonchev–Trinajstić information content (AvgIpc) is 2.09. The van der Waals surface area contributed by atoms with Gasteiger partial charge in [0.2, 0.25) is 0 Å². The van der Waals surface area contributed by atoms with Crippen LogP contribution in [0.4, 0.5) is 0 Å². The van der Waals surface area contributed by atoms with E-state index in [0.717, 1.165) is 18.8 Å². The maximum absolute atomic E-state index is 10.8. The number of nitrogens with zero attached hydrogens (tertiary/aromatic N) is 1. The monoisotopic (exact) mass is 220 g/mol. The third-order valence-electron chi connectivity index (χ3n) is 1.86. The smallest absolute Gasteiger partial charge is 0.320 e. The van der Waals surface area contributed by atoms with Crippen LogP contribution in [0.25, 0.3) is 0 Å². The minimum Gasteiger partial charge on any atom is -0.480 e. The topological polar surface area (TPSA) is 52.6 Å². The van der Waals surface area contributed by atoms with Crippen LogP contribution in [-0.2, 0) is 4.79 Å². The molecule has 84 valence electrons. The molecule has 0 spiro atoms. The first-order valence-corrected chi connectivity index (χ1v) is 6.07. The van der Waals surface area contributed by atoms with Crippen LogP contribution in [-0.4, -0.2) is 61.2 Å². The number of thioether (sulfide) groups is 1. The molecule has 0 unspecified atom stereocenters. The number of nitrogens with one attached hydrogen (secondary N) is 1. The van der Waals surface area contributed by atoms with E-state index in [4.69, 9.17) is 5.11 Å². The predicted octanol–water partition coefficient (Wildman–Crippen LogP) is 0.344. The molecule has 0 bridgehead atoms. The van der Waals surface area contributed by atoms with Crippen molar-refractivity contribution in [2.45, 2.75) is 12.5 Å². The lowest BCUT2D eigenvalue weighted by molar-refractivity contribution is -0.139. The van der Waals surface area contributed by atoms with Crippen molar-refractivity contribution < 1.29 is 9.90 Å². The molecular formula is C9H20N2O2S. The van der Waals surface area contributed by atoms with Crippen molar-refractivity contribution in [3.05, 3.63) is 0 Å². The van der Waals surface area contributed by atoms with Gasteiger partial charge in [0.05, 0.1) is 0 Å². The molecule has 0 aromatic carbocycles. The van der Waals surface area contributed by atoms with Crippen molar-refractivity contribution in [2.24, 2.45) is 0 Å². The van der Waals surface area contributed by atoms with Crippen molar-refractivity contribution in [3.63, 3.8) is 0 Å². The highest BCUT2D eigenvalue weighted by molar-refractivity contribution is 7.98. The summed E-state index contributed by atoms with van der Waals surface area (Å²) >= 11 is 1.67. The van der Waals surface area contributed by atoms with E-state index >= 15 is 0 Å². The third kappa shape index (κ3) is 7.17. The second-order valence-corrected chi connectivity index (χ2v) is 4.42. The number of rotatable bonds is 8. The van der Waals surface area contributed by atoms with Gasteiger partial charge < -0.3 is 15.3 Å². The molecule has 14 heavy (non-hydrogen) atoms. The van der Waals surface area contributed by atoms with Crippen LogP contribution < -0.4 is 5.32 Å². The van der Waals surface area contributed by atoms with E-state index in [9.17, 15) is 4.79 Å². The van der Waals surface area contributed by atoms with Crippen molar-refractivity contribution >= 4 is 17.7 Å². The highest BCUT2D eigenvalue weighted by Gasteiger charge is 2.15. The van der Waals surface area contributed by atoms with E-state index in [-0.39, 0.29) is 0 Å². The Morgan fingerprint density at radius 2 is 2.21 bits per heavy atom. The van der Waals surface area contributed by atoms with E-state index < -0.39 is 12.0 Å². The maximum Gasteiger partial charge on any atom is 0.320 e. The average molecular weight is 220 g/mol. The standard InChI is InChI=1S/C9H20N2O2S/c1-11(2)6-5-10-8(9(12)13)4-7-14-3/h8,10H,4-7H2,1-3H3,(H,12,13)/t8-/m0/s1. The lowest BCUT2D eigenvalue weighted by atomic mass is 10.2. The van der Waals surface area contributed by atoms with E-state index in [1.165, 1.54) is 0 Å². The molecule has 0 aromatic heterocycles. The van der Waals surface area contributed by atoms with Crippen LogP contribution in [0.1, 0.15) is 6.42 Å². The number of carboxylic acid groups (broad SMARTS) is 1. The summed E-state index contributed by atoms with van der Waals surface area (Å²) in [7, 11) is 3.94. The minimum atomic E-state index is -0.752. The summed E-state index contributed by atoms with van der Waals surface area (Å²) in [5, 5.41) is 11.9. The van der Waals surface area contributed by atoms with Crippen LogP contribution in [0.2, 0.25) is 0 Å². The molecule has 0 saturated heterocycles. The summed E-state index contributed by atoms with van der Waals surface area (Å²) in [6.45, 7) is 1.58. The number of hydrogen-bond donors (Lipinski definition) is 2. The molecule has 0 aliphatic rings. The van der Waals surface area contributed by atoms with Gasteiger partial charge in [0.15, 0.2) is 0 Å². The van der Waals surface area contributed by atoms with Gasteiger partial charge in [0, 0.05) is 13.1 Å². The van der Waals surface area contributed by atoms with Crippen molar-refractivity contribution in [3.8, 4) is 0 Å². The summed E-state index contributed by atoms with van der Waals surface area (Å²) in [6, 6.07) is -0.401. The van der Waals surface area contributed by atoms with Gasteiger partial charge in [-0.1, -0.05) is 0 Å². The van der Waals surface area contributed by atoms with Crippen molar-refractivity contribution in [2.75, 3.05) is 39.2 Å². The Morgan fingerprint density at radius 1 is 1.57 bits per heavy atom. The van der Waals surface area contributed by atoms with E-state index in [1.807, 2.05) is 25.3 Å². The minimum absolute atomic E-state index is 0.401. The molecule has 1 atom stereocenters. The molecule has 4 nitrogen and oxygen atoms in total. The third-order valence-corrected chi connectivity index (χ3v) is 2.50. The van der Waals surface area contributed by atoms with Crippen LogP contribution in [0.5, 0.6) is 0 Å². The lowest BCUT2D eigenvalue weighted by Crippen LogP contribution is -2.40. The molecule has 5 heteroatoms. The second-order valence-electron chi connectivity index (χ2n) is 3.43. The molecule has 0 aliphatic carbocycles. The maximum atomic E-state index is 10.8. The molecule has 0 rings (SSSR count). The van der Waals surface area contributed by atoms with Crippen LogP contribution in [0.15, 0.2) is 0 Å². The summed E-state index contributed by atoms with van der Waals surface area (Å²) < 4.78 is 0. The zero-order chi connectivity index (χ0) is 11.0.